The van der Waals surface area contributed by atoms with Crippen molar-refractivity contribution in [3.63, 3.8) is 0 Å². The SMILES string of the molecule is CCCCNCc1cn(C2CCCC2)nc1C.Cl. The number of hydrogen-bond donors (Lipinski definition) is 1. The van der Waals surface area contributed by atoms with Crippen LogP contribution in [-0.2, 0) is 6.54 Å². The van der Waals surface area contributed by atoms with Crippen LogP contribution in [0.3, 0.4) is 0 Å². The number of hydrogen-bond acceptors (Lipinski definition) is 2. The molecule has 1 aromatic heterocycles. The number of unbranched alkanes of at least 4 members (excludes halogenated alkanes) is 1. The smallest absolute Gasteiger partial charge is 0.0638 e. The zero-order chi connectivity index (χ0) is 12.1. The van der Waals surface area contributed by atoms with E-state index in [2.05, 4.69) is 35.1 Å². The van der Waals surface area contributed by atoms with E-state index in [1.54, 1.807) is 0 Å². The molecule has 0 unspecified atom stereocenters. The predicted molar refractivity (Wildman–Crippen MR) is 78.3 cm³/mol. The van der Waals surface area contributed by atoms with Crippen molar-refractivity contribution in [2.45, 2.75) is 65.0 Å². The minimum atomic E-state index is 0. The fourth-order valence-corrected chi connectivity index (χ4v) is 2.57. The van der Waals surface area contributed by atoms with Crippen molar-refractivity contribution >= 4 is 12.4 Å². The summed E-state index contributed by atoms with van der Waals surface area (Å²) in [5, 5.41) is 8.16. The molecular weight excluding hydrogens is 246 g/mol. The van der Waals surface area contributed by atoms with Crippen LogP contribution in [0.15, 0.2) is 6.20 Å². The third kappa shape index (κ3) is 3.99. The highest BCUT2D eigenvalue weighted by Gasteiger charge is 2.18. The third-order valence-corrected chi connectivity index (χ3v) is 3.74. The first-order valence-electron chi connectivity index (χ1n) is 7.06. The van der Waals surface area contributed by atoms with Crippen molar-refractivity contribution < 1.29 is 0 Å². The molecular formula is C14H26ClN3. The van der Waals surface area contributed by atoms with Crippen LogP contribution < -0.4 is 5.32 Å². The summed E-state index contributed by atoms with van der Waals surface area (Å²) >= 11 is 0. The summed E-state index contributed by atoms with van der Waals surface area (Å²) in [5.41, 5.74) is 2.56. The molecule has 1 aliphatic carbocycles. The van der Waals surface area contributed by atoms with Crippen molar-refractivity contribution in [3.8, 4) is 0 Å². The van der Waals surface area contributed by atoms with Crippen LogP contribution in [-0.4, -0.2) is 16.3 Å². The molecule has 0 saturated heterocycles. The second-order valence-electron chi connectivity index (χ2n) is 5.19. The van der Waals surface area contributed by atoms with Crippen molar-refractivity contribution in [3.05, 3.63) is 17.5 Å². The van der Waals surface area contributed by atoms with Gasteiger partial charge in [0.15, 0.2) is 0 Å². The second kappa shape index (κ2) is 7.80. The van der Waals surface area contributed by atoms with Crippen LogP contribution in [0.1, 0.15) is 62.7 Å². The number of halogens is 1. The molecule has 1 fully saturated rings. The van der Waals surface area contributed by atoms with Crippen molar-refractivity contribution in [2.24, 2.45) is 0 Å². The summed E-state index contributed by atoms with van der Waals surface area (Å²) in [7, 11) is 0. The number of nitrogens with one attached hydrogen (secondary N) is 1. The minimum absolute atomic E-state index is 0. The molecule has 2 rings (SSSR count). The summed E-state index contributed by atoms with van der Waals surface area (Å²) < 4.78 is 2.21. The van der Waals surface area contributed by atoms with E-state index in [4.69, 9.17) is 0 Å². The van der Waals surface area contributed by atoms with Crippen molar-refractivity contribution in [1.82, 2.24) is 15.1 Å². The van der Waals surface area contributed by atoms with Gasteiger partial charge >= 0.3 is 0 Å². The van der Waals surface area contributed by atoms with Gasteiger partial charge in [-0.2, -0.15) is 5.10 Å². The first-order chi connectivity index (χ1) is 8.31. The highest BCUT2D eigenvalue weighted by atomic mass is 35.5. The Morgan fingerprint density at radius 1 is 1.39 bits per heavy atom. The first kappa shape index (κ1) is 15.5. The lowest BCUT2D eigenvalue weighted by Crippen LogP contribution is -2.14. The predicted octanol–water partition coefficient (Wildman–Crippen LogP) is 3.62. The summed E-state index contributed by atoms with van der Waals surface area (Å²) in [6, 6.07) is 0.665. The average Bonchev–Trinajstić information content (AvgIpc) is 2.94. The van der Waals surface area contributed by atoms with E-state index in [1.807, 2.05) is 0 Å². The van der Waals surface area contributed by atoms with Crippen LogP contribution in [0.4, 0.5) is 0 Å². The fourth-order valence-electron chi connectivity index (χ4n) is 2.57. The normalized spacial score (nSPS) is 15.9. The molecule has 0 spiro atoms. The maximum absolute atomic E-state index is 4.67. The van der Waals surface area contributed by atoms with Crippen LogP contribution in [0.25, 0.3) is 0 Å². The maximum Gasteiger partial charge on any atom is 0.0638 e. The molecule has 0 atom stereocenters. The van der Waals surface area contributed by atoms with Gasteiger partial charge in [-0.15, -0.1) is 12.4 Å². The highest BCUT2D eigenvalue weighted by molar-refractivity contribution is 5.85. The number of aromatic nitrogens is 2. The third-order valence-electron chi connectivity index (χ3n) is 3.74. The molecule has 0 aliphatic heterocycles. The van der Waals surface area contributed by atoms with Gasteiger partial charge in [-0.3, -0.25) is 4.68 Å². The lowest BCUT2D eigenvalue weighted by Gasteiger charge is -2.08. The van der Waals surface area contributed by atoms with Gasteiger partial charge in [0.2, 0.25) is 0 Å². The highest BCUT2D eigenvalue weighted by Crippen LogP contribution is 2.29. The van der Waals surface area contributed by atoms with Gasteiger partial charge in [0.25, 0.3) is 0 Å². The molecule has 4 heteroatoms. The summed E-state index contributed by atoms with van der Waals surface area (Å²) in [5.74, 6) is 0. The molecule has 1 N–H and O–H groups in total. The Bertz CT molecular complexity index is 343. The Kier molecular flexibility index (Phi) is 6.72. The van der Waals surface area contributed by atoms with Crippen molar-refractivity contribution in [2.75, 3.05) is 6.54 Å². The Balaban J connectivity index is 0.00000162. The zero-order valence-corrected chi connectivity index (χ0v) is 12.4. The summed E-state index contributed by atoms with van der Waals surface area (Å²) in [4.78, 5) is 0. The molecule has 1 aromatic rings. The van der Waals surface area contributed by atoms with Crippen LogP contribution >= 0.6 is 12.4 Å². The van der Waals surface area contributed by atoms with E-state index in [1.165, 1.54) is 49.8 Å². The van der Waals surface area contributed by atoms with Crippen molar-refractivity contribution in [1.29, 1.82) is 0 Å². The molecule has 18 heavy (non-hydrogen) atoms. The zero-order valence-electron chi connectivity index (χ0n) is 11.6. The molecule has 0 aromatic carbocycles. The Labute approximate surface area is 117 Å². The fraction of sp³-hybridized carbons (Fsp3) is 0.786. The number of rotatable bonds is 6. The van der Waals surface area contributed by atoms with Gasteiger partial charge < -0.3 is 5.32 Å². The van der Waals surface area contributed by atoms with Gasteiger partial charge in [0.05, 0.1) is 11.7 Å². The lowest BCUT2D eigenvalue weighted by molar-refractivity contribution is 0.464. The molecule has 0 amide bonds. The van der Waals surface area contributed by atoms with Gasteiger partial charge in [-0.1, -0.05) is 26.2 Å². The van der Waals surface area contributed by atoms with E-state index < -0.39 is 0 Å². The molecule has 1 aliphatic rings. The molecule has 104 valence electrons. The molecule has 0 radical (unpaired) electrons. The average molecular weight is 272 g/mol. The summed E-state index contributed by atoms with van der Waals surface area (Å²) in [6.45, 7) is 6.44. The largest absolute Gasteiger partial charge is 0.313 e. The van der Waals surface area contributed by atoms with E-state index in [0.717, 1.165) is 13.1 Å². The van der Waals surface area contributed by atoms with Crippen LogP contribution in [0.5, 0.6) is 0 Å². The van der Waals surface area contributed by atoms with Gasteiger partial charge in [0.1, 0.15) is 0 Å². The molecule has 0 bridgehead atoms. The van der Waals surface area contributed by atoms with E-state index in [0.29, 0.717) is 6.04 Å². The first-order valence-corrected chi connectivity index (χ1v) is 7.06. The maximum atomic E-state index is 4.67. The van der Waals surface area contributed by atoms with Gasteiger partial charge in [-0.25, -0.2) is 0 Å². The molecule has 1 saturated carbocycles. The Morgan fingerprint density at radius 2 is 2.11 bits per heavy atom. The van der Waals surface area contributed by atoms with E-state index >= 15 is 0 Å². The Morgan fingerprint density at radius 3 is 2.78 bits per heavy atom. The minimum Gasteiger partial charge on any atom is -0.313 e. The Hall–Kier alpha value is -0.540. The second-order valence-corrected chi connectivity index (χ2v) is 5.19. The molecule has 3 nitrogen and oxygen atoms in total. The summed E-state index contributed by atoms with van der Waals surface area (Å²) in [6.07, 6.45) is 10.1. The van der Waals surface area contributed by atoms with Gasteiger partial charge in [-0.05, 0) is 32.7 Å². The van der Waals surface area contributed by atoms with Crippen LogP contribution in [0.2, 0.25) is 0 Å². The lowest BCUT2D eigenvalue weighted by atomic mass is 10.2. The quantitative estimate of drug-likeness (QED) is 0.801. The van der Waals surface area contributed by atoms with Crippen LogP contribution in [0, 0.1) is 6.92 Å². The number of aryl methyl sites for hydroxylation is 1. The van der Waals surface area contributed by atoms with E-state index in [-0.39, 0.29) is 12.4 Å². The van der Waals surface area contributed by atoms with Gasteiger partial charge in [0, 0.05) is 18.3 Å². The topological polar surface area (TPSA) is 29.9 Å². The molecule has 1 heterocycles. The van der Waals surface area contributed by atoms with E-state index in [9.17, 15) is 0 Å². The number of nitrogens with zero attached hydrogens (tertiary/aromatic N) is 2. The monoisotopic (exact) mass is 271 g/mol. The standard InChI is InChI=1S/C14H25N3.ClH/c1-3-4-9-15-10-13-11-17(16-12(13)2)14-7-5-6-8-14;/h11,14-15H,3-10H2,1-2H3;1H.